The molecule has 1 aliphatic carbocycles. The lowest BCUT2D eigenvalue weighted by atomic mass is 9.80. The van der Waals surface area contributed by atoms with Crippen molar-refractivity contribution in [3.63, 3.8) is 0 Å². The molecule has 1 aromatic carbocycles. The van der Waals surface area contributed by atoms with E-state index in [-0.39, 0.29) is 0 Å². The zero-order valence-electron chi connectivity index (χ0n) is 11.5. The summed E-state index contributed by atoms with van der Waals surface area (Å²) < 4.78 is 10.5. The number of rotatable bonds is 8. The van der Waals surface area contributed by atoms with Crippen molar-refractivity contribution in [2.75, 3.05) is 26.9 Å². The van der Waals surface area contributed by atoms with Gasteiger partial charge in [0, 0.05) is 20.2 Å². The van der Waals surface area contributed by atoms with Crippen LogP contribution in [-0.4, -0.2) is 37.6 Å². The largest absolute Gasteiger partial charge is 0.491 e. The zero-order valence-corrected chi connectivity index (χ0v) is 11.5. The summed E-state index contributed by atoms with van der Waals surface area (Å²) in [6.45, 7) is 2.58. The van der Waals surface area contributed by atoms with Gasteiger partial charge in [-0.15, -0.1) is 0 Å². The highest BCUT2D eigenvalue weighted by molar-refractivity contribution is 5.28. The number of aliphatic hydroxyl groups is 1. The summed E-state index contributed by atoms with van der Waals surface area (Å²) in [6.07, 6.45) is 2.97. The van der Waals surface area contributed by atoms with Gasteiger partial charge in [-0.2, -0.15) is 0 Å². The first-order valence-electron chi connectivity index (χ1n) is 6.86. The topological polar surface area (TPSA) is 50.7 Å². The summed E-state index contributed by atoms with van der Waals surface area (Å²) >= 11 is 0. The maximum atomic E-state index is 9.98. The van der Waals surface area contributed by atoms with Gasteiger partial charge in [0.1, 0.15) is 12.4 Å². The summed E-state index contributed by atoms with van der Waals surface area (Å²) in [5.74, 6) is 0.860. The van der Waals surface area contributed by atoms with Crippen LogP contribution in [0.1, 0.15) is 24.8 Å². The van der Waals surface area contributed by atoms with Crippen LogP contribution in [0.5, 0.6) is 5.75 Å². The van der Waals surface area contributed by atoms with Crippen molar-refractivity contribution in [3.05, 3.63) is 29.8 Å². The molecule has 19 heavy (non-hydrogen) atoms. The van der Waals surface area contributed by atoms with Crippen molar-refractivity contribution < 1.29 is 14.6 Å². The second kappa shape index (κ2) is 6.89. The normalized spacial score (nSPS) is 16.9. The fourth-order valence-electron chi connectivity index (χ4n) is 2.19. The average Bonchev–Trinajstić information content (AvgIpc) is 2.38. The van der Waals surface area contributed by atoms with Gasteiger partial charge < -0.3 is 19.9 Å². The van der Waals surface area contributed by atoms with Crippen molar-refractivity contribution in [2.45, 2.75) is 31.4 Å². The lowest BCUT2D eigenvalue weighted by Gasteiger charge is -2.36. The van der Waals surface area contributed by atoms with Crippen molar-refractivity contribution >= 4 is 0 Å². The lowest BCUT2D eigenvalue weighted by Crippen LogP contribution is -2.45. The fraction of sp³-hybridized carbons (Fsp3) is 0.600. The summed E-state index contributed by atoms with van der Waals surface area (Å²) in [6, 6.07) is 8.00. The van der Waals surface area contributed by atoms with Crippen LogP contribution in [0.2, 0.25) is 0 Å². The van der Waals surface area contributed by atoms with Crippen LogP contribution < -0.4 is 10.1 Å². The Morgan fingerprint density at radius 3 is 2.84 bits per heavy atom. The minimum atomic E-state index is -0.466. The molecule has 4 nitrogen and oxygen atoms in total. The van der Waals surface area contributed by atoms with E-state index in [1.807, 2.05) is 18.2 Å². The molecule has 0 radical (unpaired) electrons. The Kier molecular flexibility index (Phi) is 5.19. The highest BCUT2D eigenvalue weighted by Gasteiger charge is 2.33. The van der Waals surface area contributed by atoms with Gasteiger partial charge in [-0.05, 0) is 37.0 Å². The van der Waals surface area contributed by atoms with Crippen molar-refractivity contribution in [2.24, 2.45) is 0 Å². The van der Waals surface area contributed by atoms with Crippen LogP contribution in [0.15, 0.2) is 24.3 Å². The molecule has 0 aliphatic heterocycles. The predicted molar refractivity (Wildman–Crippen MR) is 74.3 cm³/mol. The first-order valence-corrected chi connectivity index (χ1v) is 6.86. The second-order valence-corrected chi connectivity index (χ2v) is 5.17. The third kappa shape index (κ3) is 4.49. The van der Waals surface area contributed by atoms with Gasteiger partial charge in [0.25, 0.3) is 0 Å². The molecule has 2 N–H and O–H groups in total. The molecule has 0 amide bonds. The number of nitrogens with one attached hydrogen (secondary N) is 1. The molecule has 0 heterocycles. The molecule has 0 unspecified atom stereocenters. The van der Waals surface area contributed by atoms with Gasteiger partial charge in [-0.1, -0.05) is 12.1 Å². The number of hydrogen-bond acceptors (Lipinski definition) is 4. The Labute approximate surface area is 114 Å². The maximum Gasteiger partial charge on any atom is 0.119 e. The average molecular weight is 265 g/mol. The van der Waals surface area contributed by atoms with Crippen molar-refractivity contribution in [1.29, 1.82) is 0 Å². The molecule has 0 bridgehead atoms. The van der Waals surface area contributed by atoms with Gasteiger partial charge >= 0.3 is 0 Å². The van der Waals surface area contributed by atoms with E-state index in [1.54, 1.807) is 7.11 Å². The first kappa shape index (κ1) is 14.3. The molecule has 1 saturated carbocycles. The van der Waals surface area contributed by atoms with E-state index < -0.39 is 5.60 Å². The minimum Gasteiger partial charge on any atom is -0.491 e. The summed E-state index contributed by atoms with van der Waals surface area (Å²) in [4.78, 5) is 0. The summed E-state index contributed by atoms with van der Waals surface area (Å²) in [5.41, 5.74) is 0.699. The third-order valence-corrected chi connectivity index (χ3v) is 3.52. The molecule has 106 valence electrons. The van der Waals surface area contributed by atoms with Crippen molar-refractivity contribution in [1.82, 2.24) is 5.32 Å². The van der Waals surface area contributed by atoms with Crippen LogP contribution in [0, 0.1) is 0 Å². The molecule has 1 aliphatic rings. The van der Waals surface area contributed by atoms with E-state index in [1.165, 1.54) is 0 Å². The Morgan fingerprint density at radius 2 is 2.16 bits per heavy atom. The van der Waals surface area contributed by atoms with Crippen LogP contribution >= 0.6 is 0 Å². The molecule has 0 atom stereocenters. The van der Waals surface area contributed by atoms with Crippen LogP contribution in [0.25, 0.3) is 0 Å². The molecule has 0 saturated heterocycles. The Hall–Kier alpha value is -1.10. The van der Waals surface area contributed by atoms with Gasteiger partial charge in [-0.25, -0.2) is 0 Å². The molecule has 4 heteroatoms. The van der Waals surface area contributed by atoms with Crippen LogP contribution in [-0.2, 0) is 11.3 Å². The summed E-state index contributed by atoms with van der Waals surface area (Å²) in [5, 5.41) is 13.3. The van der Waals surface area contributed by atoms with E-state index in [0.29, 0.717) is 19.8 Å². The maximum absolute atomic E-state index is 9.98. The molecular formula is C15H23NO3. The molecule has 1 fully saturated rings. The van der Waals surface area contributed by atoms with Crippen molar-refractivity contribution in [3.8, 4) is 5.75 Å². The lowest BCUT2D eigenvalue weighted by molar-refractivity contribution is -0.0314. The van der Waals surface area contributed by atoms with Gasteiger partial charge in [0.2, 0.25) is 0 Å². The second-order valence-electron chi connectivity index (χ2n) is 5.17. The van der Waals surface area contributed by atoms with E-state index in [4.69, 9.17) is 9.47 Å². The molecular weight excluding hydrogens is 242 g/mol. The van der Waals surface area contributed by atoms with E-state index in [2.05, 4.69) is 11.4 Å². The number of methoxy groups -OCH3 is 1. The molecule has 1 aromatic rings. The van der Waals surface area contributed by atoms with Gasteiger partial charge in [0.15, 0.2) is 0 Å². The molecule has 0 aromatic heterocycles. The van der Waals surface area contributed by atoms with E-state index in [9.17, 15) is 5.11 Å². The standard InChI is InChI=1S/C15H23NO3/c1-18-8-9-19-14-5-2-4-13(10-14)11-16-12-15(17)6-3-7-15/h2,4-5,10,16-17H,3,6-9,11-12H2,1H3. The van der Waals surface area contributed by atoms with Crippen LogP contribution in [0.4, 0.5) is 0 Å². The quantitative estimate of drug-likeness (QED) is 0.703. The molecule has 2 rings (SSSR count). The number of hydrogen-bond donors (Lipinski definition) is 2. The first-order chi connectivity index (χ1) is 9.22. The zero-order chi connectivity index (χ0) is 13.6. The van der Waals surface area contributed by atoms with E-state index >= 15 is 0 Å². The number of benzene rings is 1. The highest BCUT2D eigenvalue weighted by Crippen LogP contribution is 2.30. The Bertz CT molecular complexity index is 391. The van der Waals surface area contributed by atoms with E-state index in [0.717, 1.165) is 37.1 Å². The van der Waals surface area contributed by atoms with Gasteiger partial charge in [-0.3, -0.25) is 0 Å². The predicted octanol–water partition coefficient (Wildman–Crippen LogP) is 1.72. The molecule has 0 spiro atoms. The number of ether oxygens (including phenoxy) is 2. The Balaban J connectivity index is 1.74. The smallest absolute Gasteiger partial charge is 0.119 e. The summed E-state index contributed by atoms with van der Waals surface area (Å²) in [7, 11) is 1.66. The highest BCUT2D eigenvalue weighted by atomic mass is 16.5. The fourth-order valence-corrected chi connectivity index (χ4v) is 2.19. The van der Waals surface area contributed by atoms with Crippen LogP contribution in [0.3, 0.4) is 0 Å². The SMILES string of the molecule is COCCOc1cccc(CNCC2(O)CCC2)c1. The Morgan fingerprint density at radius 1 is 1.32 bits per heavy atom. The third-order valence-electron chi connectivity index (χ3n) is 3.52. The minimum absolute atomic E-state index is 0.466. The van der Waals surface area contributed by atoms with Gasteiger partial charge in [0.05, 0.1) is 12.2 Å². The monoisotopic (exact) mass is 265 g/mol.